The molecule has 1 saturated carbocycles. The van der Waals surface area contributed by atoms with Crippen LogP contribution in [0.15, 0.2) is 0 Å². The van der Waals surface area contributed by atoms with Crippen molar-refractivity contribution in [1.29, 1.82) is 0 Å². The molecule has 1 atom stereocenters. The maximum Gasteiger partial charge on any atom is 0.423 e. The summed E-state index contributed by atoms with van der Waals surface area (Å²) in [4.78, 5) is 11.5. The molecule has 0 aromatic rings. The minimum atomic E-state index is -2.66. The first-order valence-electron chi connectivity index (χ1n) is 4.47. The monoisotopic (exact) mass is 254 g/mol. The van der Waals surface area contributed by atoms with E-state index in [1.165, 1.54) is 0 Å². The molecule has 1 unspecified atom stereocenters. The number of hydrogen-bond donors (Lipinski definition) is 0. The van der Waals surface area contributed by atoms with Crippen LogP contribution in [-0.4, -0.2) is 29.8 Å². The number of carbonyl (C=O) groups is 1. The molecule has 0 radical (unpaired) electrons. The molecule has 0 bridgehead atoms. The molecule has 0 spiro atoms. The second-order valence-corrected chi connectivity index (χ2v) is 5.92. The minimum Gasteiger partial charge on any atom is -0.755 e. The molecule has 0 N–H and O–H groups in total. The van der Waals surface area contributed by atoms with Gasteiger partial charge in [-0.2, -0.15) is 0 Å². The fourth-order valence-electron chi connectivity index (χ4n) is 0.957. The van der Waals surface area contributed by atoms with E-state index in [2.05, 4.69) is 0 Å². The first-order valence-corrected chi connectivity index (χ1v) is 5.88. The molecule has 1 aliphatic rings. The molecule has 0 heterocycles. The number of amides is 1. The molecule has 0 saturated heterocycles. The molecule has 0 aromatic heterocycles. The van der Waals surface area contributed by atoms with Crippen molar-refractivity contribution < 1.29 is 18.3 Å². The van der Waals surface area contributed by atoms with E-state index in [0.29, 0.717) is 17.1 Å². The van der Waals surface area contributed by atoms with Crippen LogP contribution in [0.5, 0.6) is 0 Å². The van der Waals surface area contributed by atoms with Crippen LogP contribution in [0, 0.1) is 0 Å². The molecule has 1 fully saturated rings. The molecule has 0 aromatic carbocycles. The van der Waals surface area contributed by atoms with Crippen molar-refractivity contribution in [2.75, 3.05) is 0 Å². The Kier molecular flexibility index (Phi) is 3.33. The fraction of sp³-hybridized carbons (Fsp3) is 0.875. The fourth-order valence-corrected chi connectivity index (χ4v) is 1.72. The number of nitrogens with zero attached hydrogens (tertiary/aromatic N) is 1. The van der Waals surface area contributed by atoms with E-state index in [9.17, 15) is 13.6 Å². The number of ether oxygens (including phenoxy) is 1. The normalized spacial score (nSPS) is 20.6. The van der Waals surface area contributed by atoms with E-state index in [0.717, 1.165) is 0 Å². The van der Waals surface area contributed by atoms with Gasteiger partial charge in [-0.25, -0.2) is 9.10 Å². The standard InChI is InChI=1S/C8H14ClNO4S/c1-7(2,3)10(15(12)13)6(11)14-8(9)4-5-8/h4-5H2,1-3H3,(H,12,13)/p-1. The smallest absolute Gasteiger partial charge is 0.423 e. The van der Waals surface area contributed by atoms with Crippen molar-refractivity contribution >= 4 is 29.0 Å². The topological polar surface area (TPSA) is 69.7 Å². The summed E-state index contributed by atoms with van der Waals surface area (Å²) in [7, 11) is 0. The van der Waals surface area contributed by atoms with E-state index < -0.39 is 28.0 Å². The lowest BCUT2D eigenvalue weighted by atomic mass is 10.1. The van der Waals surface area contributed by atoms with Crippen LogP contribution in [0.3, 0.4) is 0 Å². The Morgan fingerprint density at radius 1 is 1.53 bits per heavy atom. The van der Waals surface area contributed by atoms with Crippen molar-refractivity contribution in [3.8, 4) is 0 Å². The average Bonchev–Trinajstić information content (AvgIpc) is 2.61. The van der Waals surface area contributed by atoms with Crippen molar-refractivity contribution in [1.82, 2.24) is 4.31 Å². The van der Waals surface area contributed by atoms with Gasteiger partial charge >= 0.3 is 6.09 Å². The summed E-state index contributed by atoms with van der Waals surface area (Å²) in [5.41, 5.74) is -0.855. The third-order valence-corrected chi connectivity index (χ3v) is 3.29. The largest absolute Gasteiger partial charge is 0.755 e. The predicted octanol–water partition coefficient (Wildman–Crippen LogP) is 1.75. The second kappa shape index (κ2) is 3.92. The highest BCUT2D eigenvalue weighted by Gasteiger charge is 2.47. The number of halogens is 1. The zero-order valence-corrected chi connectivity index (χ0v) is 10.4. The van der Waals surface area contributed by atoms with Gasteiger partial charge in [-0.05, 0) is 20.8 Å². The Morgan fingerprint density at radius 2 is 2.00 bits per heavy atom. The van der Waals surface area contributed by atoms with Crippen molar-refractivity contribution in [3.05, 3.63) is 0 Å². The van der Waals surface area contributed by atoms with Crippen LogP contribution in [0.2, 0.25) is 0 Å². The third kappa shape index (κ3) is 3.32. The predicted molar refractivity (Wildman–Crippen MR) is 54.8 cm³/mol. The van der Waals surface area contributed by atoms with Gasteiger partial charge in [0.2, 0.25) is 0 Å². The Balaban J connectivity index is 2.72. The van der Waals surface area contributed by atoms with E-state index in [1.807, 2.05) is 0 Å². The summed E-state index contributed by atoms with van der Waals surface area (Å²) in [6, 6.07) is 0. The van der Waals surface area contributed by atoms with Gasteiger partial charge in [0, 0.05) is 12.8 Å². The van der Waals surface area contributed by atoms with E-state index in [1.54, 1.807) is 20.8 Å². The summed E-state index contributed by atoms with van der Waals surface area (Å²) in [5.74, 6) is 0. The highest BCUT2D eigenvalue weighted by atomic mass is 35.5. The molecule has 1 aliphatic carbocycles. The molecular weight excluding hydrogens is 242 g/mol. The molecule has 88 valence electrons. The Bertz CT molecular complexity index is 298. The summed E-state index contributed by atoms with van der Waals surface area (Å²) in [5, 5.41) is -0.986. The maximum absolute atomic E-state index is 11.5. The van der Waals surface area contributed by atoms with Gasteiger partial charge in [-0.3, -0.25) is 4.21 Å². The van der Waals surface area contributed by atoms with E-state index in [4.69, 9.17) is 16.3 Å². The SMILES string of the molecule is CC(C)(C)N(C(=O)OC1(Cl)CC1)S(=O)[O-]. The highest BCUT2D eigenvalue weighted by Crippen LogP contribution is 2.44. The van der Waals surface area contributed by atoms with E-state index in [-0.39, 0.29) is 0 Å². The molecule has 0 aliphatic heterocycles. The lowest BCUT2D eigenvalue weighted by molar-refractivity contribution is 0.0850. The maximum atomic E-state index is 11.5. The Labute approximate surface area is 96.1 Å². The molecule has 1 rings (SSSR count). The van der Waals surface area contributed by atoms with Crippen molar-refractivity contribution in [3.63, 3.8) is 0 Å². The number of rotatable bonds is 2. The van der Waals surface area contributed by atoms with Crippen LogP contribution in [0.25, 0.3) is 0 Å². The summed E-state index contributed by atoms with van der Waals surface area (Å²) >= 11 is 3.11. The van der Waals surface area contributed by atoms with E-state index >= 15 is 0 Å². The van der Waals surface area contributed by atoms with Crippen molar-refractivity contribution in [2.45, 2.75) is 44.2 Å². The first-order chi connectivity index (χ1) is 6.66. The van der Waals surface area contributed by atoms with Gasteiger partial charge in [0.05, 0.1) is 16.8 Å². The Morgan fingerprint density at radius 3 is 2.27 bits per heavy atom. The van der Waals surface area contributed by atoms with Gasteiger partial charge < -0.3 is 9.29 Å². The molecule has 15 heavy (non-hydrogen) atoms. The Hall–Kier alpha value is -0.330. The molecule has 1 amide bonds. The van der Waals surface area contributed by atoms with Crippen LogP contribution in [0.1, 0.15) is 33.6 Å². The lowest BCUT2D eigenvalue weighted by Gasteiger charge is -2.35. The van der Waals surface area contributed by atoms with Crippen LogP contribution >= 0.6 is 11.6 Å². The van der Waals surface area contributed by atoms with Crippen LogP contribution in [-0.2, 0) is 16.0 Å². The number of carbonyl (C=O) groups excluding carboxylic acids is 1. The number of alkyl halides is 1. The summed E-state index contributed by atoms with van der Waals surface area (Å²) in [6.45, 7) is 4.79. The molecule has 7 heteroatoms. The minimum absolute atomic E-state index is 0.559. The number of hydrogen-bond acceptors (Lipinski definition) is 4. The van der Waals surface area contributed by atoms with Crippen LogP contribution < -0.4 is 0 Å². The lowest BCUT2D eigenvalue weighted by Crippen LogP contribution is -2.47. The highest BCUT2D eigenvalue weighted by molar-refractivity contribution is 7.77. The quantitative estimate of drug-likeness (QED) is 0.556. The zero-order valence-electron chi connectivity index (χ0n) is 8.78. The van der Waals surface area contributed by atoms with Crippen LogP contribution in [0.4, 0.5) is 4.79 Å². The average molecular weight is 255 g/mol. The van der Waals surface area contributed by atoms with Gasteiger partial charge in [0.25, 0.3) is 0 Å². The summed E-state index contributed by atoms with van der Waals surface area (Å²) in [6.07, 6.45) is 0.191. The zero-order chi connectivity index (χ0) is 11.9. The van der Waals surface area contributed by atoms with Gasteiger partial charge in [0.15, 0.2) is 5.06 Å². The molecular formula is C8H13ClNO4S-. The van der Waals surface area contributed by atoms with Gasteiger partial charge in [-0.15, -0.1) is 0 Å². The van der Waals surface area contributed by atoms with Gasteiger partial charge in [0.1, 0.15) is 0 Å². The van der Waals surface area contributed by atoms with Gasteiger partial charge in [-0.1, -0.05) is 11.6 Å². The van der Waals surface area contributed by atoms with Crippen molar-refractivity contribution in [2.24, 2.45) is 0 Å². The summed E-state index contributed by atoms with van der Waals surface area (Å²) < 4.78 is 27.2. The first kappa shape index (κ1) is 12.7. The second-order valence-electron chi connectivity index (χ2n) is 4.43. The molecule has 5 nitrogen and oxygen atoms in total. The third-order valence-electron chi connectivity index (χ3n) is 1.84.